The summed E-state index contributed by atoms with van der Waals surface area (Å²) in [6.45, 7) is 2.49. The maximum absolute atomic E-state index is 5.61. The monoisotopic (exact) mass is 167 g/mol. The van der Waals surface area contributed by atoms with E-state index in [1.807, 2.05) is 6.92 Å². The summed E-state index contributed by atoms with van der Waals surface area (Å²) in [5.41, 5.74) is 17.3. The molecule has 1 rings (SSSR count). The lowest BCUT2D eigenvalue weighted by Gasteiger charge is -2.09. The molecular weight excluding hydrogens is 154 g/mol. The number of aromatic nitrogens is 2. The van der Waals surface area contributed by atoms with Crippen molar-refractivity contribution in [2.75, 3.05) is 18.0 Å². The molecule has 5 heteroatoms. The second-order valence-corrected chi connectivity index (χ2v) is 2.71. The quantitative estimate of drug-likeness (QED) is 0.561. The van der Waals surface area contributed by atoms with Crippen molar-refractivity contribution in [3.05, 3.63) is 11.8 Å². The normalized spacial score (nSPS) is 12.8. The summed E-state index contributed by atoms with van der Waals surface area (Å²) < 4.78 is 0. The van der Waals surface area contributed by atoms with Gasteiger partial charge >= 0.3 is 0 Å². The summed E-state index contributed by atoms with van der Waals surface area (Å²) in [4.78, 5) is 7.67. The van der Waals surface area contributed by atoms with Gasteiger partial charge < -0.3 is 17.2 Å². The predicted molar refractivity (Wildman–Crippen MR) is 48.3 cm³/mol. The van der Waals surface area contributed by atoms with Crippen LogP contribution >= 0.6 is 0 Å². The highest BCUT2D eigenvalue weighted by Crippen LogP contribution is 2.18. The molecule has 0 bridgehead atoms. The van der Waals surface area contributed by atoms with E-state index in [-0.39, 0.29) is 11.9 Å². The molecular formula is C7H13N5. The van der Waals surface area contributed by atoms with Crippen LogP contribution in [-0.4, -0.2) is 16.5 Å². The van der Waals surface area contributed by atoms with E-state index in [9.17, 15) is 0 Å². The highest BCUT2D eigenvalue weighted by Gasteiger charge is 2.08. The van der Waals surface area contributed by atoms with E-state index in [1.165, 1.54) is 0 Å². The summed E-state index contributed by atoms with van der Waals surface area (Å²) in [7, 11) is 0. The Labute approximate surface area is 71.0 Å². The van der Waals surface area contributed by atoms with E-state index in [0.717, 1.165) is 5.56 Å². The molecule has 0 amide bonds. The van der Waals surface area contributed by atoms with Gasteiger partial charge in [-0.05, 0) is 12.5 Å². The molecule has 0 spiro atoms. The minimum atomic E-state index is 0.172. The zero-order valence-corrected chi connectivity index (χ0v) is 6.99. The van der Waals surface area contributed by atoms with Crippen LogP contribution in [-0.2, 0) is 0 Å². The third-order valence-corrected chi connectivity index (χ3v) is 1.75. The van der Waals surface area contributed by atoms with Gasteiger partial charge in [-0.2, -0.15) is 4.98 Å². The molecule has 12 heavy (non-hydrogen) atoms. The zero-order valence-electron chi connectivity index (χ0n) is 6.99. The van der Waals surface area contributed by atoms with Gasteiger partial charge in [-0.1, -0.05) is 6.92 Å². The van der Waals surface area contributed by atoms with Gasteiger partial charge in [0, 0.05) is 11.8 Å². The summed E-state index contributed by atoms with van der Waals surface area (Å²) >= 11 is 0. The smallest absolute Gasteiger partial charge is 0.221 e. The highest BCUT2D eigenvalue weighted by molar-refractivity contribution is 5.43. The standard InChI is InChI=1S/C7H13N5/c1-4(2-8)5-3-11-7(10)12-6(5)9/h3-4H,2,8H2,1H3,(H4,9,10,11,12). The number of nitrogen functional groups attached to an aromatic ring is 2. The molecule has 1 aromatic rings. The maximum atomic E-state index is 5.61. The van der Waals surface area contributed by atoms with Crippen LogP contribution in [0.5, 0.6) is 0 Å². The molecule has 6 N–H and O–H groups in total. The first-order valence-corrected chi connectivity index (χ1v) is 3.73. The predicted octanol–water partition coefficient (Wildman–Crippen LogP) is -0.297. The van der Waals surface area contributed by atoms with Crippen molar-refractivity contribution in [3.63, 3.8) is 0 Å². The van der Waals surface area contributed by atoms with Gasteiger partial charge in [-0.15, -0.1) is 0 Å². The summed E-state index contributed by atoms with van der Waals surface area (Å²) in [6, 6.07) is 0. The van der Waals surface area contributed by atoms with Crippen LogP contribution in [0.15, 0.2) is 6.20 Å². The Morgan fingerprint density at radius 1 is 1.50 bits per heavy atom. The minimum absolute atomic E-state index is 0.172. The summed E-state index contributed by atoms with van der Waals surface area (Å²) in [5, 5.41) is 0. The lowest BCUT2D eigenvalue weighted by Crippen LogP contribution is -2.13. The molecule has 1 atom stereocenters. The van der Waals surface area contributed by atoms with Crippen molar-refractivity contribution in [2.45, 2.75) is 12.8 Å². The summed E-state index contributed by atoms with van der Waals surface area (Å²) in [6.07, 6.45) is 1.62. The average Bonchev–Trinajstić information content (AvgIpc) is 2.03. The average molecular weight is 167 g/mol. The van der Waals surface area contributed by atoms with E-state index in [0.29, 0.717) is 12.4 Å². The Morgan fingerprint density at radius 2 is 2.17 bits per heavy atom. The lowest BCUT2D eigenvalue weighted by molar-refractivity contribution is 0.767. The van der Waals surface area contributed by atoms with E-state index in [4.69, 9.17) is 17.2 Å². The van der Waals surface area contributed by atoms with Gasteiger partial charge in [0.05, 0.1) is 0 Å². The first-order valence-electron chi connectivity index (χ1n) is 3.73. The Hall–Kier alpha value is -1.36. The highest BCUT2D eigenvalue weighted by atomic mass is 15.0. The van der Waals surface area contributed by atoms with Crippen molar-refractivity contribution in [2.24, 2.45) is 5.73 Å². The van der Waals surface area contributed by atoms with Crippen LogP contribution in [0.4, 0.5) is 11.8 Å². The number of anilines is 2. The molecule has 0 radical (unpaired) electrons. The molecule has 0 aromatic carbocycles. The molecule has 1 aromatic heterocycles. The second kappa shape index (κ2) is 3.36. The van der Waals surface area contributed by atoms with E-state index in [1.54, 1.807) is 6.20 Å². The minimum Gasteiger partial charge on any atom is -0.383 e. The molecule has 0 saturated heterocycles. The van der Waals surface area contributed by atoms with Crippen LogP contribution in [0.1, 0.15) is 18.4 Å². The van der Waals surface area contributed by atoms with E-state index < -0.39 is 0 Å². The fourth-order valence-electron chi connectivity index (χ4n) is 0.925. The number of hydrogen-bond donors (Lipinski definition) is 3. The third-order valence-electron chi connectivity index (χ3n) is 1.75. The molecule has 66 valence electrons. The fourth-order valence-corrected chi connectivity index (χ4v) is 0.925. The van der Waals surface area contributed by atoms with Crippen LogP contribution in [0.25, 0.3) is 0 Å². The Bertz CT molecular complexity index is 272. The molecule has 1 unspecified atom stereocenters. The van der Waals surface area contributed by atoms with Gasteiger partial charge in [0.15, 0.2) is 0 Å². The molecule has 1 heterocycles. The van der Waals surface area contributed by atoms with Crippen molar-refractivity contribution < 1.29 is 0 Å². The molecule has 0 fully saturated rings. The largest absolute Gasteiger partial charge is 0.383 e. The van der Waals surface area contributed by atoms with Crippen LogP contribution < -0.4 is 17.2 Å². The van der Waals surface area contributed by atoms with Crippen molar-refractivity contribution in [1.29, 1.82) is 0 Å². The SMILES string of the molecule is CC(CN)c1cnc(N)nc1N. The fraction of sp³-hybridized carbons (Fsp3) is 0.429. The second-order valence-electron chi connectivity index (χ2n) is 2.71. The topological polar surface area (TPSA) is 104 Å². The maximum Gasteiger partial charge on any atom is 0.221 e. The van der Waals surface area contributed by atoms with Gasteiger partial charge in [-0.3, -0.25) is 0 Å². The van der Waals surface area contributed by atoms with Crippen molar-refractivity contribution in [1.82, 2.24) is 9.97 Å². The number of nitrogens with zero attached hydrogens (tertiary/aromatic N) is 2. The third kappa shape index (κ3) is 1.62. The van der Waals surface area contributed by atoms with Gasteiger partial charge in [-0.25, -0.2) is 4.98 Å². The Balaban J connectivity index is 3.01. The number of hydrogen-bond acceptors (Lipinski definition) is 5. The zero-order chi connectivity index (χ0) is 9.14. The van der Waals surface area contributed by atoms with Gasteiger partial charge in [0.1, 0.15) is 5.82 Å². The van der Waals surface area contributed by atoms with E-state index >= 15 is 0 Å². The van der Waals surface area contributed by atoms with Crippen molar-refractivity contribution >= 4 is 11.8 Å². The van der Waals surface area contributed by atoms with Crippen LogP contribution in [0, 0.1) is 0 Å². The molecule has 0 aliphatic heterocycles. The van der Waals surface area contributed by atoms with Crippen molar-refractivity contribution in [3.8, 4) is 0 Å². The Morgan fingerprint density at radius 3 is 2.67 bits per heavy atom. The van der Waals surface area contributed by atoms with Crippen LogP contribution in [0.2, 0.25) is 0 Å². The Kier molecular flexibility index (Phi) is 2.44. The molecule has 5 nitrogen and oxygen atoms in total. The van der Waals surface area contributed by atoms with Gasteiger partial charge in [0.25, 0.3) is 0 Å². The van der Waals surface area contributed by atoms with Gasteiger partial charge in [0.2, 0.25) is 5.95 Å². The first-order chi connectivity index (χ1) is 5.65. The lowest BCUT2D eigenvalue weighted by atomic mass is 10.0. The molecule has 0 aliphatic carbocycles. The van der Waals surface area contributed by atoms with Crippen LogP contribution in [0.3, 0.4) is 0 Å². The number of nitrogens with two attached hydrogens (primary N) is 3. The first kappa shape index (κ1) is 8.73. The van der Waals surface area contributed by atoms with E-state index in [2.05, 4.69) is 9.97 Å². The molecule has 0 aliphatic rings. The number of rotatable bonds is 2. The summed E-state index contributed by atoms with van der Waals surface area (Å²) in [5.74, 6) is 0.784. The molecule has 0 saturated carbocycles.